The summed E-state index contributed by atoms with van der Waals surface area (Å²) in [5, 5.41) is 0.125. The molecule has 3 rings (SSSR count). The first kappa shape index (κ1) is 15.1. The molecule has 1 aliphatic rings. The number of halogens is 3. The van der Waals surface area contributed by atoms with Crippen LogP contribution in [-0.4, -0.2) is 15.4 Å². The van der Waals surface area contributed by atoms with Crippen molar-refractivity contribution >= 4 is 34.2 Å². The van der Waals surface area contributed by atoms with Crippen LogP contribution in [0.2, 0.25) is 5.02 Å². The lowest BCUT2D eigenvalue weighted by atomic mass is 10.0. The summed E-state index contributed by atoms with van der Waals surface area (Å²) in [6.07, 6.45) is 7.14. The van der Waals surface area contributed by atoms with Crippen LogP contribution in [0, 0.1) is 11.7 Å². The molecule has 1 aromatic carbocycles. The van der Waals surface area contributed by atoms with Gasteiger partial charge in [0.15, 0.2) is 0 Å². The molecule has 1 fully saturated rings. The molecule has 1 aliphatic carbocycles. The van der Waals surface area contributed by atoms with E-state index in [-0.39, 0.29) is 10.8 Å². The van der Waals surface area contributed by atoms with Gasteiger partial charge < -0.3 is 4.57 Å². The maximum atomic E-state index is 13.8. The first-order valence-electron chi connectivity index (χ1n) is 7.59. The fourth-order valence-corrected chi connectivity index (χ4v) is 3.63. The van der Waals surface area contributed by atoms with Crippen molar-refractivity contribution in [1.29, 1.82) is 0 Å². The van der Waals surface area contributed by atoms with Crippen LogP contribution in [0.5, 0.6) is 0 Å². The van der Waals surface area contributed by atoms with Gasteiger partial charge in [0.25, 0.3) is 0 Å². The standard InChI is InChI=1S/C16H19Cl2FN2/c17-7-5-16-20-14-9-12(18)13(19)10-15(14)21(16)8-6-11-3-1-2-4-11/h9-11H,1-8H2. The van der Waals surface area contributed by atoms with E-state index in [1.165, 1.54) is 31.7 Å². The minimum atomic E-state index is -0.386. The molecule has 2 aromatic rings. The number of benzene rings is 1. The zero-order valence-electron chi connectivity index (χ0n) is 11.9. The molecule has 0 radical (unpaired) electrons. The highest BCUT2D eigenvalue weighted by Crippen LogP contribution is 2.30. The summed E-state index contributed by atoms with van der Waals surface area (Å²) >= 11 is 11.7. The van der Waals surface area contributed by atoms with Gasteiger partial charge in [-0.25, -0.2) is 9.37 Å². The van der Waals surface area contributed by atoms with Gasteiger partial charge in [0.2, 0.25) is 0 Å². The molecule has 1 saturated carbocycles. The molecule has 0 aliphatic heterocycles. The SMILES string of the molecule is Fc1cc2c(cc1Cl)nc(CCCl)n2CCC1CCCC1. The van der Waals surface area contributed by atoms with Crippen molar-refractivity contribution < 1.29 is 4.39 Å². The summed E-state index contributed by atoms with van der Waals surface area (Å²) in [5.41, 5.74) is 1.59. The van der Waals surface area contributed by atoms with Gasteiger partial charge in [-0.2, -0.15) is 0 Å². The molecule has 0 spiro atoms. The Hall–Kier alpha value is -0.800. The van der Waals surface area contributed by atoms with E-state index in [0.29, 0.717) is 12.3 Å². The zero-order valence-corrected chi connectivity index (χ0v) is 13.4. The van der Waals surface area contributed by atoms with Gasteiger partial charge in [-0.15, -0.1) is 11.6 Å². The summed E-state index contributed by atoms with van der Waals surface area (Å²) in [6, 6.07) is 3.10. The van der Waals surface area contributed by atoms with E-state index in [0.717, 1.165) is 35.7 Å². The van der Waals surface area contributed by atoms with Gasteiger partial charge in [-0.3, -0.25) is 0 Å². The van der Waals surface area contributed by atoms with Gasteiger partial charge in [0, 0.05) is 24.9 Å². The Bertz CT molecular complexity index is 633. The van der Waals surface area contributed by atoms with Crippen LogP contribution in [0.3, 0.4) is 0 Å². The molecule has 0 saturated heterocycles. The predicted molar refractivity (Wildman–Crippen MR) is 85.7 cm³/mol. The topological polar surface area (TPSA) is 17.8 Å². The second-order valence-electron chi connectivity index (χ2n) is 5.81. The van der Waals surface area contributed by atoms with Gasteiger partial charge in [0.05, 0.1) is 16.1 Å². The van der Waals surface area contributed by atoms with Crippen LogP contribution in [-0.2, 0) is 13.0 Å². The van der Waals surface area contributed by atoms with E-state index >= 15 is 0 Å². The molecular formula is C16H19Cl2FN2. The first-order chi connectivity index (χ1) is 10.2. The summed E-state index contributed by atoms with van der Waals surface area (Å²) in [4.78, 5) is 4.58. The Kier molecular flexibility index (Phi) is 4.70. The Morgan fingerprint density at radius 2 is 2.05 bits per heavy atom. The van der Waals surface area contributed by atoms with E-state index in [4.69, 9.17) is 23.2 Å². The third-order valence-corrected chi connectivity index (χ3v) is 4.90. The molecule has 0 bridgehead atoms. The first-order valence-corrected chi connectivity index (χ1v) is 8.50. The van der Waals surface area contributed by atoms with Crippen molar-refractivity contribution in [2.24, 2.45) is 5.92 Å². The molecule has 1 heterocycles. The number of alkyl halides is 1. The van der Waals surface area contributed by atoms with Crippen LogP contribution < -0.4 is 0 Å². The number of rotatable bonds is 5. The zero-order chi connectivity index (χ0) is 14.8. The smallest absolute Gasteiger partial charge is 0.144 e. The van der Waals surface area contributed by atoms with Crippen LogP contribution in [0.15, 0.2) is 12.1 Å². The molecule has 1 aromatic heterocycles. The fourth-order valence-electron chi connectivity index (χ4n) is 3.31. The third-order valence-electron chi connectivity index (χ3n) is 4.42. The quantitative estimate of drug-likeness (QED) is 0.690. The van der Waals surface area contributed by atoms with Crippen LogP contribution in [0.1, 0.15) is 37.9 Å². The third kappa shape index (κ3) is 3.19. The molecule has 0 unspecified atom stereocenters. The number of aromatic nitrogens is 2. The minimum Gasteiger partial charge on any atom is -0.328 e. The van der Waals surface area contributed by atoms with Gasteiger partial charge in [-0.05, 0) is 18.4 Å². The highest BCUT2D eigenvalue weighted by molar-refractivity contribution is 6.31. The Labute approximate surface area is 134 Å². The summed E-state index contributed by atoms with van der Waals surface area (Å²) in [6.45, 7) is 0.883. The Balaban J connectivity index is 1.92. The lowest BCUT2D eigenvalue weighted by molar-refractivity contribution is 0.457. The summed E-state index contributed by atoms with van der Waals surface area (Å²) in [7, 11) is 0. The minimum absolute atomic E-state index is 0.125. The molecule has 21 heavy (non-hydrogen) atoms. The Morgan fingerprint density at radius 3 is 2.76 bits per heavy atom. The average Bonchev–Trinajstić information content (AvgIpc) is 3.06. The van der Waals surface area contributed by atoms with E-state index < -0.39 is 0 Å². The maximum Gasteiger partial charge on any atom is 0.144 e. The van der Waals surface area contributed by atoms with Crippen LogP contribution in [0.25, 0.3) is 11.0 Å². The maximum absolute atomic E-state index is 13.8. The van der Waals surface area contributed by atoms with Gasteiger partial charge in [-0.1, -0.05) is 37.3 Å². The molecule has 0 N–H and O–H groups in total. The number of hydrogen-bond donors (Lipinski definition) is 0. The van der Waals surface area contributed by atoms with E-state index in [9.17, 15) is 4.39 Å². The van der Waals surface area contributed by atoms with E-state index in [2.05, 4.69) is 9.55 Å². The number of hydrogen-bond acceptors (Lipinski definition) is 1. The normalized spacial score (nSPS) is 16.1. The van der Waals surface area contributed by atoms with E-state index in [1.54, 1.807) is 6.07 Å². The highest BCUT2D eigenvalue weighted by atomic mass is 35.5. The van der Waals surface area contributed by atoms with Crippen molar-refractivity contribution in [1.82, 2.24) is 9.55 Å². The van der Waals surface area contributed by atoms with Crippen LogP contribution >= 0.6 is 23.2 Å². The largest absolute Gasteiger partial charge is 0.328 e. The Morgan fingerprint density at radius 1 is 1.29 bits per heavy atom. The summed E-state index contributed by atoms with van der Waals surface area (Å²) in [5.74, 6) is 1.86. The van der Waals surface area contributed by atoms with Crippen molar-refractivity contribution in [3.63, 3.8) is 0 Å². The number of aryl methyl sites for hydroxylation is 2. The molecule has 5 heteroatoms. The molecule has 0 amide bonds. The van der Waals surface area contributed by atoms with Crippen molar-refractivity contribution in [2.75, 3.05) is 5.88 Å². The van der Waals surface area contributed by atoms with Crippen molar-refractivity contribution in [3.05, 3.63) is 28.8 Å². The molecule has 2 nitrogen and oxygen atoms in total. The average molecular weight is 329 g/mol. The summed E-state index contributed by atoms with van der Waals surface area (Å²) < 4.78 is 15.9. The van der Waals surface area contributed by atoms with Crippen molar-refractivity contribution in [2.45, 2.75) is 45.1 Å². The highest BCUT2D eigenvalue weighted by Gasteiger charge is 2.18. The van der Waals surface area contributed by atoms with Gasteiger partial charge >= 0.3 is 0 Å². The van der Waals surface area contributed by atoms with Crippen LogP contribution in [0.4, 0.5) is 4.39 Å². The fraction of sp³-hybridized carbons (Fsp3) is 0.562. The monoisotopic (exact) mass is 328 g/mol. The number of fused-ring (bicyclic) bond motifs is 1. The molecule has 0 atom stereocenters. The second kappa shape index (κ2) is 6.53. The molecule has 114 valence electrons. The predicted octanol–water partition coefficient (Wildman–Crippen LogP) is 5.19. The number of nitrogens with zero attached hydrogens (tertiary/aromatic N) is 2. The van der Waals surface area contributed by atoms with Crippen molar-refractivity contribution in [3.8, 4) is 0 Å². The number of imidazole rings is 1. The lowest BCUT2D eigenvalue weighted by Gasteiger charge is -2.12. The second-order valence-corrected chi connectivity index (χ2v) is 6.60. The lowest BCUT2D eigenvalue weighted by Crippen LogP contribution is -2.08. The van der Waals surface area contributed by atoms with Gasteiger partial charge in [0.1, 0.15) is 11.6 Å². The van der Waals surface area contributed by atoms with E-state index in [1.807, 2.05) is 0 Å². The molecular weight excluding hydrogens is 310 g/mol.